The summed E-state index contributed by atoms with van der Waals surface area (Å²) in [5.41, 5.74) is -0.460. The van der Waals surface area contributed by atoms with E-state index in [-0.39, 0.29) is 0 Å². The van der Waals surface area contributed by atoms with Gasteiger partial charge in [0.25, 0.3) is 6.43 Å². The summed E-state index contributed by atoms with van der Waals surface area (Å²) >= 11 is 1.20. The van der Waals surface area contributed by atoms with Gasteiger partial charge in [-0.2, -0.15) is 11.8 Å². The van der Waals surface area contributed by atoms with E-state index in [2.05, 4.69) is 15.3 Å². The number of alkyl halides is 2. The second-order valence-electron chi connectivity index (χ2n) is 3.12. The quantitative estimate of drug-likeness (QED) is 0.465. The molecular formula is C8H14F2N2O2S. The maximum atomic E-state index is 12.6. The van der Waals surface area contributed by atoms with Crippen molar-refractivity contribution in [3.8, 4) is 0 Å². The lowest BCUT2D eigenvalue weighted by Gasteiger charge is -2.22. The number of carbonyl (C=O) groups excluding carboxylic acids is 1. The first-order valence-corrected chi connectivity index (χ1v) is 5.38. The fraction of sp³-hybridized carbons (Fsp3) is 0.750. The van der Waals surface area contributed by atoms with Crippen molar-refractivity contribution in [1.29, 1.82) is 0 Å². The first-order valence-electron chi connectivity index (χ1n) is 4.15. The van der Waals surface area contributed by atoms with Crippen molar-refractivity contribution in [2.24, 2.45) is 5.16 Å². The molecule has 0 rings (SSSR count). The van der Waals surface area contributed by atoms with Gasteiger partial charge in [0.05, 0.1) is 4.75 Å². The minimum absolute atomic E-state index is 0.460. The van der Waals surface area contributed by atoms with E-state index < -0.39 is 23.0 Å². The molecule has 0 radical (unpaired) electrons. The second-order valence-corrected chi connectivity index (χ2v) is 4.55. The number of nitrogens with zero attached hydrogens (tertiary/aromatic N) is 1. The highest BCUT2D eigenvalue weighted by molar-refractivity contribution is 8.00. The summed E-state index contributed by atoms with van der Waals surface area (Å²) in [7, 11) is 1.32. The van der Waals surface area contributed by atoms with E-state index >= 15 is 0 Å². The zero-order chi connectivity index (χ0) is 12.1. The molecule has 0 atom stereocenters. The molecule has 15 heavy (non-hydrogen) atoms. The van der Waals surface area contributed by atoms with E-state index in [1.165, 1.54) is 18.8 Å². The fourth-order valence-corrected chi connectivity index (χ4v) is 0.989. The Balaban J connectivity index is 4.74. The number of hydrogen-bond acceptors (Lipinski definition) is 4. The molecule has 0 heterocycles. The first kappa shape index (κ1) is 14.2. The highest BCUT2D eigenvalue weighted by Gasteiger charge is 2.32. The van der Waals surface area contributed by atoms with Gasteiger partial charge >= 0.3 is 6.09 Å². The molecule has 0 aromatic heterocycles. The number of carbonyl (C=O) groups is 1. The Hall–Kier alpha value is -0.850. The summed E-state index contributed by atoms with van der Waals surface area (Å²) in [6, 6.07) is 0. The van der Waals surface area contributed by atoms with Gasteiger partial charge in [0.15, 0.2) is 0 Å². The zero-order valence-corrected chi connectivity index (χ0v) is 9.82. The van der Waals surface area contributed by atoms with Crippen LogP contribution in [0.25, 0.3) is 0 Å². The predicted octanol–water partition coefficient (Wildman–Crippen LogP) is 2.11. The van der Waals surface area contributed by atoms with Crippen molar-refractivity contribution in [2.45, 2.75) is 25.0 Å². The Bertz CT molecular complexity index is 257. The Kier molecular flexibility index (Phi) is 5.56. The molecule has 1 N–H and O–H groups in total. The molecule has 0 bridgehead atoms. The van der Waals surface area contributed by atoms with Crippen molar-refractivity contribution >= 4 is 23.6 Å². The molecule has 0 aromatic carbocycles. The van der Waals surface area contributed by atoms with Crippen molar-refractivity contribution in [1.82, 2.24) is 5.32 Å². The number of amides is 1. The van der Waals surface area contributed by atoms with Crippen LogP contribution in [0.1, 0.15) is 13.8 Å². The third-order valence-electron chi connectivity index (χ3n) is 1.76. The molecule has 0 saturated heterocycles. The van der Waals surface area contributed by atoms with Gasteiger partial charge in [0.2, 0.25) is 0 Å². The summed E-state index contributed by atoms with van der Waals surface area (Å²) < 4.78 is 24.3. The summed E-state index contributed by atoms with van der Waals surface area (Å²) in [4.78, 5) is 14.9. The SMILES string of the molecule is CNC(=O)ON=C(C(F)F)C(C)(C)SC. The smallest absolute Gasteiger partial charge is 0.323 e. The maximum absolute atomic E-state index is 12.6. The van der Waals surface area contributed by atoms with Crippen LogP contribution in [0.2, 0.25) is 0 Å². The van der Waals surface area contributed by atoms with Crippen molar-refractivity contribution in [3.63, 3.8) is 0 Å². The molecule has 0 unspecified atom stereocenters. The molecular weight excluding hydrogens is 226 g/mol. The van der Waals surface area contributed by atoms with E-state index in [0.29, 0.717) is 0 Å². The van der Waals surface area contributed by atoms with E-state index in [1.54, 1.807) is 20.1 Å². The van der Waals surface area contributed by atoms with Gasteiger partial charge in [-0.25, -0.2) is 13.6 Å². The van der Waals surface area contributed by atoms with Crippen LogP contribution in [-0.2, 0) is 4.84 Å². The maximum Gasteiger partial charge on any atom is 0.433 e. The molecule has 7 heteroatoms. The van der Waals surface area contributed by atoms with Crippen LogP contribution in [0.5, 0.6) is 0 Å². The lowest BCUT2D eigenvalue weighted by molar-refractivity contribution is 0.147. The highest BCUT2D eigenvalue weighted by atomic mass is 32.2. The highest BCUT2D eigenvalue weighted by Crippen LogP contribution is 2.26. The van der Waals surface area contributed by atoms with Crippen LogP contribution in [0.3, 0.4) is 0 Å². The zero-order valence-electron chi connectivity index (χ0n) is 9.01. The van der Waals surface area contributed by atoms with Crippen LogP contribution in [0.15, 0.2) is 5.16 Å². The molecule has 0 aliphatic carbocycles. The molecule has 0 aliphatic rings. The number of nitrogens with one attached hydrogen (secondary N) is 1. The molecule has 1 amide bonds. The summed E-state index contributed by atoms with van der Waals surface area (Å²) in [6.07, 6.45) is -1.94. The van der Waals surface area contributed by atoms with Gasteiger partial charge < -0.3 is 5.32 Å². The average Bonchev–Trinajstić information content (AvgIpc) is 2.16. The molecule has 88 valence electrons. The van der Waals surface area contributed by atoms with E-state index in [9.17, 15) is 13.6 Å². The van der Waals surface area contributed by atoms with Gasteiger partial charge in [0, 0.05) is 7.05 Å². The second kappa shape index (κ2) is 5.89. The van der Waals surface area contributed by atoms with Crippen molar-refractivity contribution in [3.05, 3.63) is 0 Å². The molecule has 0 fully saturated rings. The molecule has 4 nitrogen and oxygen atoms in total. The Labute approximate surface area is 91.4 Å². The monoisotopic (exact) mass is 240 g/mol. The van der Waals surface area contributed by atoms with E-state index in [0.717, 1.165) is 0 Å². The number of oxime groups is 1. The summed E-state index contributed by atoms with van der Waals surface area (Å²) in [5.74, 6) is 0. The van der Waals surface area contributed by atoms with Crippen molar-refractivity contribution < 1.29 is 18.4 Å². The average molecular weight is 240 g/mol. The lowest BCUT2D eigenvalue weighted by atomic mass is 10.1. The van der Waals surface area contributed by atoms with Crippen LogP contribution in [-0.4, -0.2) is 36.3 Å². The Morgan fingerprint density at radius 3 is 2.40 bits per heavy atom. The third kappa shape index (κ3) is 4.46. The van der Waals surface area contributed by atoms with Crippen LogP contribution in [0, 0.1) is 0 Å². The minimum Gasteiger partial charge on any atom is -0.323 e. The lowest BCUT2D eigenvalue weighted by Crippen LogP contribution is -2.34. The number of halogens is 2. The van der Waals surface area contributed by atoms with Gasteiger partial charge in [-0.05, 0) is 20.1 Å². The van der Waals surface area contributed by atoms with Gasteiger partial charge in [0.1, 0.15) is 5.71 Å². The molecule has 0 saturated carbocycles. The van der Waals surface area contributed by atoms with Crippen LogP contribution < -0.4 is 5.32 Å². The number of hydrogen-bond donors (Lipinski definition) is 1. The molecule has 0 aromatic rings. The summed E-state index contributed by atoms with van der Waals surface area (Å²) in [6.45, 7) is 3.16. The van der Waals surface area contributed by atoms with E-state index in [1.807, 2.05) is 0 Å². The van der Waals surface area contributed by atoms with Crippen LogP contribution >= 0.6 is 11.8 Å². The first-order chi connectivity index (χ1) is 6.85. The predicted molar refractivity (Wildman–Crippen MR) is 56.6 cm³/mol. The van der Waals surface area contributed by atoms with Gasteiger partial charge in [-0.1, -0.05) is 5.16 Å². The van der Waals surface area contributed by atoms with Crippen molar-refractivity contribution in [2.75, 3.05) is 13.3 Å². The topological polar surface area (TPSA) is 50.7 Å². The molecule has 0 spiro atoms. The van der Waals surface area contributed by atoms with Gasteiger partial charge in [-0.3, -0.25) is 4.84 Å². The third-order valence-corrected chi connectivity index (χ3v) is 2.99. The fourth-order valence-electron chi connectivity index (χ4n) is 0.653. The summed E-state index contributed by atoms with van der Waals surface area (Å²) in [5, 5.41) is 5.28. The van der Waals surface area contributed by atoms with Crippen LogP contribution in [0.4, 0.5) is 13.6 Å². The Morgan fingerprint density at radius 1 is 1.53 bits per heavy atom. The normalized spacial score (nSPS) is 12.9. The standard InChI is InChI=1S/C8H14F2N2O2S/c1-8(2,15-4)5(6(9)10)12-14-7(13)11-3/h6H,1-4H3,(H,11,13). The van der Waals surface area contributed by atoms with Gasteiger partial charge in [-0.15, -0.1) is 0 Å². The number of rotatable bonds is 4. The van der Waals surface area contributed by atoms with E-state index in [4.69, 9.17) is 0 Å². The largest absolute Gasteiger partial charge is 0.433 e. The minimum atomic E-state index is -2.75. The number of thioether (sulfide) groups is 1. The Morgan fingerprint density at radius 2 is 2.07 bits per heavy atom. The molecule has 0 aliphatic heterocycles.